The number of halogens is 1. The molecule has 4 nitrogen and oxygen atoms in total. The molecule has 5 heteroatoms. The molecule has 1 aromatic carbocycles. The van der Waals surface area contributed by atoms with Gasteiger partial charge in [0.25, 0.3) is 0 Å². The molecular weight excluding hydrogens is 276 g/mol. The first-order valence-electron chi connectivity index (χ1n) is 6.11. The summed E-state index contributed by atoms with van der Waals surface area (Å²) >= 11 is 6.05. The first kappa shape index (κ1) is 13.0. The Labute approximate surface area is 121 Å². The highest BCUT2D eigenvalue weighted by Gasteiger charge is 2.17. The summed E-state index contributed by atoms with van der Waals surface area (Å²) in [7, 11) is 1.58. The molecule has 3 rings (SSSR count). The lowest BCUT2D eigenvalue weighted by Crippen LogP contribution is -2.10. The van der Waals surface area contributed by atoms with E-state index < -0.39 is 0 Å². The van der Waals surface area contributed by atoms with E-state index in [1.807, 2.05) is 24.3 Å². The van der Waals surface area contributed by atoms with Crippen LogP contribution in [0, 0.1) is 0 Å². The van der Waals surface area contributed by atoms with E-state index in [0.717, 1.165) is 10.9 Å². The molecule has 3 aromatic rings. The molecule has 102 valence electrons. The van der Waals surface area contributed by atoms with Crippen LogP contribution in [0.5, 0.6) is 5.75 Å². The molecule has 0 aliphatic heterocycles. The maximum absolute atomic E-state index is 6.20. The Morgan fingerprint density at radius 3 is 2.90 bits per heavy atom. The number of hydrogen-bond donors (Lipinski definition) is 1. The minimum absolute atomic E-state index is 0.375. The molecular formula is C15H13ClN2O2. The number of benzene rings is 1. The van der Waals surface area contributed by atoms with Gasteiger partial charge in [-0.25, -0.2) is 0 Å². The van der Waals surface area contributed by atoms with E-state index in [4.69, 9.17) is 26.5 Å². The van der Waals surface area contributed by atoms with Crippen LogP contribution in [-0.4, -0.2) is 12.1 Å². The van der Waals surface area contributed by atoms with Crippen molar-refractivity contribution >= 4 is 22.6 Å². The van der Waals surface area contributed by atoms with Gasteiger partial charge in [-0.3, -0.25) is 4.98 Å². The Bertz CT molecular complexity index is 740. The van der Waals surface area contributed by atoms with Gasteiger partial charge in [-0.1, -0.05) is 17.7 Å². The number of aromatic nitrogens is 1. The van der Waals surface area contributed by atoms with Gasteiger partial charge < -0.3 is 14.9 Å². The van der Waals surface area contributed by atoms with Gasteiger partial charge in [0.1, 0.15) is 5.76 Å². The minimum atomic E-state index is -0.375. The molecule has 0 saturated carbocycles. The van der Waals surface area contributed by atoms with Crippen molar-refractivity contribution in [2.75, 3.05) is 7.11 Å². The Kier molecular flexibility index (Phi) is 3.34. The zero-order valence-electron chi connectivity index (χ0n) is 10.8. The zero-order valence-corrected chi connectivity index (χ0v) is 11.6. The van der Waals surface area contributed by atoms with Crippen molar-refractivity contribution in [2.24, 2.45) is 5.73 Å². The van der Waals surface area contributed by atoms with Gasteiger partial charge in [-0.05, 0) is 23.8 Å². The first-order chi connectivity index (χ1) is 9.69. The zero-order chi connectivity index (χ0) is 14.1. The molecule has 0 aliphatic carbocycles. The van der Waals surface area contributed by atoms with Gasteiger partial charge in [-0.15, -0.1) is 0 Å². The Balaban J connectivity index is 2.09. The second kappa shape index (κ2) is 5.15. The quantitative estimate of drug-likeness (QED) is 0.801. The van der Waals surface area contributed by atoms with E-state index in [1.165, 1.54) is 0 Å². The predicted molar refractivity (Wildman–Crippen MR) is 78.0 cm³/mol. The Hall–Kier alpha value is -2.04. The van der Waals surface area contributed by atoms with Crippen LogP contribution in [0.1, 0.15) is 17.4 Å². The van der Waals surface area contributed by atoms with Crippen molar-refractivity contribution < 1.29 is 9.15 Å². The van der Waals surface area contributed by atoms with Gasteiger partial charge in [0, 0.05) is 28.9 Å². The van der Waals surface area contributed by atoms with Gasteiger partial charge in [0.05, 0.1) is 13.2 Å². The summed E-state index contributed by atoms with van der Waals surface area (Å²) in [6, 6.07) is 8.79. The number of methoxy groups -OCH3 is 1. The number of nitrogens with zero attached hydrogens (tertiary/aromatic N) is 1. The van der Waals surface area contributed by atoms with Crippen molar-refractivity contribution in [3.8, 4) is 5.75 Å². The molecule has 1 unspecified atom stereocenters. The Morgan fingerprint density at radius 1 is 1.35 bits per heavy atom. The lowest BCUT2D eigenvalue weighted by atomic mass is 10.1. The second-order valence-corrected chi connectivity index (χ2v) is 4.88. The molecule has 0 radical (unpaired) electrons. The van der Waals surface area contributed by atoms with E-state index in [9.17, 15) is 0 Å². The average molecular weight is 289 g/mol. The van der Waals surface area contributed by atoms with E-state index >= 15 is 0 Å². The van der Waals surface area contributed by atoms with E-state index in [2.05, 4.69) is 4.98 Å². The van der Waals surface area contributed by atoms with E-state index in [1.54, 1.807) is 25.6 Å². The van der Waals surface area contributed by atoms with Crippen molar-refractivity contribution in [2.45, 2.75) is 6.04 Å². The fraction of sp³-hybridized carbons (Fsp3) is 0.133. The predicted octanol–water partition coefficient (Wildman–Crippen LogP) is 3.54. The van der Waals surface area contributed by atoms with Crippen LogP contribution in [-0.2, 0) is 0 Å². The third kappa shape index (κ3) is 2.24. The fourth-order valence-corrected chi connectivity index (χ4v) is 2.35. The molecule has 1 atom stereocenters. The standard InChI is InChI=1S/C15H13ClN2O2/c1-19-13-7-11(16)5-10-6-12(20-15(10)13)14(17)9-3-2-4-18-8-9/h2-8,14H,17H2,1H3. The highest BCUT2D eigenvalue weighted by atomic mass is 35.5. The summed E-state index contributed by atoms with van der Waals surface area (Å²) < 4.78 is 11.1. The van der Waals surface area contributed by atoms with Crippen molar-refractivity contribution in [3.05, 3.63) is 59.1 Å². The Morgan fingerprint density at radius 2 is 2.20 bits per heavy atom. The van der Waals surface area contributed by atoms with Crippen LogP contribution in [0.15, 0.2) is 47.1 Å². The average Bonchev–Trinajstić information content (AvgIpc) is 2.90. The molecule has 0 fully saturated rings. The van der Waals surface area contributed by atoms with E-state index in [0.29, 0.717) is 22.1 Å². The van der Waals surface area contributed by atoms with Crippen molar-refractivity contribution in [3.63, 3.8) is 0 Å². The molecule has 0 saturated heterocycles. The number of ether oxygens (including phenoxy) is 1. The summed E-state index contributed by atoms with van der Waals surface area (Å²) in [5.41, 5.74) is 7.73. The van der Waals surface area contributed by atoms with Crippen LogP contribution in [0.4, 0.5) is 0 Å². The van der Waals surface area contributed by atoms with Crippen LogP contribution in [0.25, 0.3) is 11.0 Å². The highest BCUT2D eigenvalue weighted by molar-refractivity contribution is 6.31. The highest BCUT2D eigenvalue weighted by Crippen LogP contribution is 2.34. The number of pyridine rings is 1. The molecule has 0 amide bonds. The third-order valence-electron chi connectivity index (χ3n) is 3.14. The van der Waals surface area contributed by atoms with Crippen molar-refractivity contribution in [1.82, 2.24) is 4.98 Å². The first-order valence-corrected chi connectivity index (χ1v) is 6.49. The summed E-state index contributed by atoms with van der Waals surface area (Å²) in [6.45, 7) is 0. The summed E-state index contributed by atoms with van der Waals surface area (Å²) in [4.78, 5) is 4.07. The van der Waals surface area contributed by atoms with Crippen LogP contribution in [0.2, 0.25) is 5.02 Å². The van der Waals surface area contributed by atoms with Crippen LogP contribution < -0.4 is 10.5 Å². The van der Waals surface area contributed by atoms with Gasteiger partial charge >= 0.3 is 0 Å². The molecule has 20 heavy (non-hydrogen) atoms. The molecule has 0 spiro atoms. The van der Waals surface area contributed by atoms with Gasteiger partial charge in [0.2, 0.25) is 0 Å². The second-order valence-electron chi connectivity index (χ2n) is 4.44. The number of rotatable bonds is 3. The van der Waals surface area contributed by atoms with Crippen LogP contribution >= 0.6 is 11.6 Å². The molecule has 0 bridgehead atoms. The molecule has 2 aromatic heterocycles. The number of furan rings is 1. The van der Waals surface area contributed by atoms with Crippen LogP contribution in [0.3, 0.4) is 0 Å². The maximum atomic E-state index is 6.20. The monoisotopic (exact) mass is 288 g/mol. The lowest BCUT2D eigenvalue weighted by Gasteiger charge is -2.07. The number of hydrogen-bond acceptors (Lipinski definition) is 4. The summed E-state index contributed by atoms with van der Waals surface area (Å²) in [5, 5.41) is 1.46. The molecule has 2 N–H and O–H groups in total. The van der Waals surface area contributed by atoms with Gasteiger partial charge in [0.15, 0.2) is 11.3 Å². The third-order valence-corrected chi connectivity index (χ3v) is 3.35. The SMILES string of the molecule is COc1cc(Cl)cc2cc(C(N)c3cccnc3)oc12. The fourth-order valence-electron chi connectivity index (χ4n) is 2.13. The molecule has 0 aliphatic rings. The summed E-state index contributed by atoms with van der Waals surface area (Å²) in [6.07, 6.45) is 3.43. The summed E-state index contributed by atoms with van der Waals surface area (Å²) in [5.74, 6) is 1.24. The van der Waals surface area contributed by atoms with E-state index in [-0.39, 0.29) is 6.04 Å². The van der Waals surface area contributed by atoms with Gasteiger partial charge in [-0.2, -0.15) is 0 Å². The topological polar surface area (TPSA) is 61.3 Å². The lowest BCUT2D eigenvalue weighted by molar-refractivity contribution is 0.406. The normalized spacial score (nSPS) is 12.6. The minimum Gasteiger partial charge on any atom is -0.493 e. The number of nitrogens with two attached hydrogens (primary N) is 1. The largest absolute Gasteiger partial charge is 0.493 e. The van der Waals surface area contributed by atoms with Crippen molar-refractivity contribution in [1.29, 1.82) is 0 Å². The molecule has 2 heterocycles. The number of fused-ring (bicyclic) bond motifs is 1. The smallest absolute Gasteiger partial charge is 0.176 e. The maximum Gasteiger partial charge on any atom is 0.176 e.